The van der Waals surface area contributed by atoms with Crippen LogP contribution in [0.15, 0.2) is 36.4 Å². The molecule has 19 heavy (non-hydrogen) atoms. The quantitative estimate of drug-likeness (QED) is 0.426. The summed E-state index contributed by atoms with van der Waals surface area (Å²) in [6.45, 7) is 7.49. The fourth-order valence-corrected chi connectivity index (χ4v) is 2.07. The molecule has 0 radical (unpaired) electrons. The SMILES string of the molecule is CC/C=C\C(C)Cc1ccc(OCCCCC)cc1. The highest BCUT2D eigenvalue weighted by Crippen LogP contribution is 2.16. The van der Waals surface area contributed by atoms with Crippen molar-refractivity contribution < 1.29 is 4.74 Å². The Kier molecular flexibility index (Phi) is 8.04. The first-order valence-corrected chi connectivity index (χ1v) is 7.64. The van der Waals surface area contributed by atoms with E-state index in [9.17, 15) is 0 Å². The molecule has 1 unspecified atom stereocenters. The summed E-state index contributed by atoms with van der Waals surface area (Å²) in [6.07, 6.45) is 10.4. The molecule has 0 spiro atoms. The molecule has 0 amide bonds. The van der Waals surface area contributed by atoms with Gasteiger partial charge in [-0.1, -0.05) is 57.9 Å². The number of rotatable bonds is 9. The number of unbranched alkanes of at least 4 members (excludes halogenated alkanes) is 2. The van der Waals surface area contributed by atoms with Crippen molar-refractivity contribution in [3.63, 3.8) is 0 Å². The normalized spacial score (nSPS) is 12.8. The molecule has 0 bridgehead atoms. The summed E-state index contributed by atoms with van der Waals surface area (Å²) < 4.78 is 5.72. The van der Waals surface area contributed by atoms with Gasteiger partial charge in [0.25, 0.3) is 0 Å². The maximum absolute atomic E-state index is 5.72. The standard InChI is InChI=1S/C18H28O/c1-4-6-8-14-19-18-12-10-17(11-13-18)15-16(3)9-7-5-2/h7,9-13,16H,4-6,8,14-15H2,1-3H3/b9-7-. The van der Waals surface area contributed by atoms with Crippen molar-refractivity contribution in [2.45, 2.75) is 52.9 Å². The van der Waals surface area contributed by atoms with Gasteiger partial charge in [-0.2, -0.15) is 0 Å². The Bertz CT molecular complexity index is 350. The molecule has 1 atom stereocenters. The highest BCUT2D eigenvalue weighted by Gasteiger charge is 2.00. The van der Waals surface area contributed by atoms with Crippen LogP contribution in [0.1, 0.15) is 52.0 Å². The predicted molar refractivity (Wildman–Crippen MR) is 83.8 cm³/mol. The molecule has 0 aliphatic carbocycles. The molecular weight excluding hydrogens is 232 g/mol. The molecule has 1 rings (SSSR count). The zero-order valence-corrected chi connectivity index (χ0v) is 12.7. The minimum atomic E-state index is 0.608. The summed E-state index contributed by atoms with van der Waals surface area (Å²) in [5.74, 6) is 1.60. The second kappa shape index (κ2) is 9.66. The van der Waals surface area contributed by atoms with Crippen LogP contribution in [0.25, 0.3) is 0 Å². The van der Waals surface area contributed by atoms with Crippen molar-refractivity contribution in [1.29, 1.82) is 0 Å². The number of hydrogen-bond acceptors (Lipinski definition) is 1. The van der Waals surface area contributed by atoms with E-state index < -0.39 is 0 Å². The van der Waals surface area contributed by atoms with E-state index in [1.807, 2.05) is 0 Å². The summed E-state index contributed by atoms with van der Waals surface area (Å²) in [7, 11) is 0. The van der Waals surface area contributed by atoms with E-state index in [4.69, 9.17) is 4.74 Å². The zero-order valence-electron chi connectivity index (χ0n) is 12.7. The van der Waals surface area contributed by atoms with Gasteiger partial charge in [0, 0.05) is 0 Å². The third-order valence-corrected chi connectivity index (χ3v) is 3.20. The summed E-state index contributed by atoms with van der Waals surface area (Å²) >= 11 is 0. The average molecular weight is 260 g/mol. The highest BCUT2D eigenvalue weighted by atomic mass is 16.5. The van der Waals surface area contributed by atoms with Crippen LogP contribution in [0, 0.1) is 5.92 Å². The maximum atomic E-state index is 5.72. The molecule has 1 heteroatoms. The summed E-state index contributed by atoms with van der Waals surface area (Å²) in [5, 5.41) is 0. The molecule has 0 fully saturated rings. The van der Waals surface area contributed by atoms with Gasteiger partial charge >= 0.3 is 0 Å². The molecule has 0 heterocycles. The van der Waals surface area contributed by atoms with Gasteiger partial charge in [0.15, 0.2) is 0 Å². The Morgan fingerprint density at radius 2 is 1.84 bits per heavy atom. The molecule has 106 valence electrons. The van der Waals surface area contributed by atoms with Crippen LogP contribution in [0.5, 0.6) is 5.75 Å². The minimum absolute atomic E-state index is 0.608. The number of ether oxygens (including phenoxy) is 1. The lowest BCUT2D eigenvalue weighted by Crippen LogP contribution is -1.98. The van der Waals surface area contributed by atoms with Gasteiger partial charge < -0.3 is 4.74 Å². The van der Waals surface area contributed by atoms with E-state index in [1.165, 1.54) is 18.4 Å². The van der Waals surface area contributed by atoms with Crippen molar-refractivity contribution in [3.8, 4) is 5.75 Å². The first-order chi connectivity index (χ1) is 9.26. The van der Waals surface area contributed by atoms with Crippen LogP contribution in [-0.4, -0.2) is 6.61 Å². The Labute approximate surface area is 118 Å². The van der Waals surface area contributed by atoms with Gasteiger partial charge in [-0.05, 0) is 42.9 Å². The summed E-state index contributed by atoms with van der Waals surface area (Å²) in [4.78, 5) is 0. The third kappa shape index (κ3) is 7.05. The van der Waals surface area contributed by atoms with Gasteiger partial charge in [0.1, 0.15) is 5.75 Å². The lowest BCUT2D eigenvalue weighted by molar-refractivity contribution is 0.306. The maximum Gasteiger partial charge on any atom is 0.119 e. The smallest absolute Gasteiger partial charge is 0.119 e. The molecule has 0 aliphatic heterocycles. The fraction of sp³-hybridized carbons (Fsp3) is 0.556. The Morgan fingerprint density at radius 1 is 1.11 bits per heavy atom. The van der Waals surface area contributed by atoms with E-state index in [0.717, 1.165) is 31.6 Å². The molecule has 1 aromatic rings. The average Bonchev–Trinajstić information content (AvgIpc) is 2.43. The van der Waals surface area contributed by atoms with Crippen LogP contribution >= 0.6 is 0 Å². The summed E-state index contributed by atoms with van der Waals surface area (Å²) in [6, 6.07) is 8.56. The van der Waals surface area contributed by atoms with Crippen LogP contribution in [0.4, 0.5) is 0 Å². The van der Waals surface area contributed by atoms with Crippen molar-refractivity contribution in [3.05, 3.63) is 42.0 Å². The van der Waals surface area contributed by atoms with Gasteiger partial charge in [-0.15, -0.1) is 0 Å². The lowest BCUT2D eigenvalue weighted by Gasteiger charge is -2.09. The molecule has 0 aromatic heterocycles. The number of allylic oxidation sites excluding steroid dienone is 2. The third-order valence-electron chi connectivity index (χ3n) is 3.20. The van der Waals surface area contributed by atoms with Crippen LogP contribution in [0.3, 0.4) is 0 Å². The molecule has 0 N–H and O–H groups in total. The minimum Gasteiger partial charge on any atom is -0.494 e. The lowest BCUT2D eigenvalue weighted by atomic mass is 10.0. The van der Waals surface area contributed by atoms with E-state index >= 15 is 0 Å². The Morgan fingerprint density at radius 3 is 2.47 bits per heavy atom. The highest BCUT2D eigenvalue weighted by molar-refractivity contribution is 5.27. The number of hydrogen-bond donors (Lipinski definition) is 0. The second-order valence-electron chi connectivity index (χ2n) is 5.22. The van der Waals surface area contributed by atoms with Gasteiger partial charge in [-0.25, -0.2) is 0 Å². The van der Waals surface area contributed by atoms with Gasteiger partial charge in [0.05, 0.1) is 6.61 Å². The molecule has 0 aliphatic rings. The fourth-order valence-electron chi connectivity index (χ4n) is 2.07. The van der Waals surface area contributed by atoms with E-state index in [0.29, 0.717) is 5.92 Å². The van der Waals surface area contributed by atoms with Gasteiger partial charge in [0.2, 0.25) is 0 Å². The first kappa shape index (κ1) is 15.8. The molecular formula is C18H28O. The van der Waals surface area contributed by atoms with E-state index in [2.05, 4.69) is 57.2 Å². The Balaban J connectivity index is 2.36. The Hall–Kier alpha value is -1.24. The largest absolute Gasteiger partial charge is 0.494 e. The first-order valence-electron chi connectivity index (χ1n) is 7.64. The molecule has 1 aromatic carbocycles. The van der Waals surface area contributed by atoms with Crippen LogP contribution in [-0.2, 0) is 6.42 Å². The van der Waals surface area contributed by atoms with E-state index in [1.54, 1.807) is 0 Å². The topological polar surface area (TPSA) is 9.23 Å². The molecule has 0 saturated heterocycles. The zero-order chi connectivity index (χ0) is 13.9. The van der Waals surface area contributed by atoms with Crippen molar-refractivity contribution in [2.75, 3.05) is 6.61 Å². The van der Waals surface area contributed by atoms with Crippen molar-refractivity contribution in [2.24, 2.45) is 5.92 Å². The van der Waals surface area contributed by atoms with E-state index in [-0.39, 0.29) is 0 Å². The predicted octanol–water partition coefficient (Wildman–Crippen LogP) is 5.40. The molecule has 0 saturated carbocycles. The summed E-state index contributed by atoms with van der Waals surface area (Å²) in [5.41, 5.74) is 1.38. The molecule has 1 nitrogen and oxygen atoms in total. The van der Waals surface area contributed by atoms with Crippen LogP contribution < -0.4 is 4.74 Å². The van der Waals surface area contributed by atoms with Crippen molar-refractivity contribution in [1.82, 2.24) is 0 Å². The number of benzene rings is 1. The van der Waals surface area contributed by atoms with Crippen molar-refractivity contribution >= 4 is 0 Å². The second-order valence-corrected chi connectivity index (χ2v) is 5.22. The van der Waals surface area contributed by atoms with Gasteiger partial charge in [-0.3, -0.25) is 0 Å². The monoisotopic (exact) mass is 260 g/mol. The van der Waals surface area contributed by atoms with Crippen LogP contribution in [0.2, 0.25) is 0 Å².